The Kier molecular flexibility index (Phi) is 3.49. The van der Waals surface area contributed by atoms with E-state index in [1.54, 1.807) is 6.92 Å². The van der Waals surface area contributed by atoms with Crippen LogP contribution in [0.4, 0.5) is 0 Å². The van der Waals surface area contributed by atoms with E-state index < -0.39 is 17.9 Å². The Morgan fingerprint density at radius 1 is 1.53 bits per heavy atom. The number of carboxylic acids is 1. The number of tetrazole rings is 1. The predicted molar refractivity (Wildman–Crippen MR) is 47.5 cm³/mol. The molecule has 3 N–H and O–H groups in total. The largest absolute Gasteiger partial charge is 0.478 e. The number of nitrogens with zero attached hydrogens (tertiary/aromatic N) is 3. The van der Waals surface area contributed by atoms with Crippen molar-refractivity contribution in [1.82, 2.24) is 25.9 Å². The number of aromatic nitrogens is 4. The van der Waals surface area contributed by atoms with E-state index in [-0.39, 0.29) is 0 Å². The standard InChI is InChI=1S/C7H9N5O3/c1-4(7-9-11-12-10-7)8-5(13)2-3-6(14)15/h2-4H,1H3,(H,8,13)(H,14,15)(H,9,10,11,12). The van der Waals surface area contributed by atoms with Gasteiger partial charge in [-0.3, -0.25) is 4.79 Å². The second-order valence-corrected chi connectivity index (χ2v) is 2.67. The molecule has 1 amide bonds. The summed E-state index contributed by atoms with van der Waals surface area (Å²) in [5.41, 5.74) is 0. The molecule has 1 rings (SSSR count). The maximum absolute atomic E-state index is 11.1. The summed E-state index contributed by atoms with van der Waals surface area (Å²) in [4.78, 5) is 21.2. The van der Waals surface area contributed by atoms with E-state index in [0.717, 1.165) is 12.2 Å². The molecule has 0 aliphatic heterocycles. The Morgan fingerprint density at radius 3 is 2.80 bits per heavy atom. The molecule has 0 fully saturated rings. The van der Waals surface area contributed by atoms with Gasteiger partial charge in [0.25, 0.3) is 0 Å². The number of carbonyl (C=O) groups is 2. The van der Waals surface area contributed by atoms with Crippen LogP contribution in [0.25, 0.3) is 0 Å². The van der Waals surface area contributed by atoms with Crippen molar-refractivity contribution >= 4 is 11.9 Å². The third-order valence-corrected chi connectivity index (χ3v) is 1.49. The van der Waals surface area contributed by atoms with Crippen LogP contribution in [0, 0.1) is 0 Å². The number of aliphatic carboxylic acids is 1. The molecule has 0 bridgehead atoms. The first-order chi connectivity index (χ1) is 7.09. The fraction of sp³-hybridized carbons (Fsp3) is 0.286. The smallest absolute Gasteiger partial charge is 0.328 e. The van der Waals surface area contributed by atoms with Gasteiger partial charge in [0.1, 0.15) is 0 Å². The number of amides is 1. The van der Waals surface area contributed by atoms with Crippen molar-refractivity contribution < 1.29 is 14.7 Å². The Bertz CT molecular complexity index is 372. The summed E-state index contributed by atoms with van der Waals surface area (Å²) >= 11 is 0. The molecule has 1 unspecified atom stereocenters. The first-order valence-corrected chi connectivity index (χ1v) is 4.04. The summed E-state index contributed by atoms with van der Waals surface area (Å²) in [5.74, 6) is -1.39. The van der Waals surface area contributed by atoms with Gasteiger partial charge in [0.2, 0.25) is 5.91 Å². The molecule has 0 saturated carbocycles. The highest BCUT2D eigenvalue weighted by molar-refractivity contribution is 5.93. The molecule has 80 valence electrons. The van der Waals surface area contributed by atoms with Crippen molar-refractivity contribution in [2.24, 2.45) is 0 Å². The van der Waals surface area contributed by atoms with Gasteiger partial charge in [-0.1, -0.05) is 5.21 Å². The summed E-state index contributed by atoms with van der Waals surface area (Å²) in [5, 5.41) is 23.6. The zero-order valence-electron chi connectivity index (χ0n) is 7.84. The Balaban J connectivity index is 2.49. The Hall–Kier alpha value is -2.25. The maximum atomic E-state index is 11.1. The normalized spacial score (nSPS) is 12.6. The third-order valence-electron chi connectivity index (χ3n) is 1.49. The number of nitrogens with one attached hydrogen (secondary N) is 2. The molecule has 1 aromatic rings. The second kappa shape index (κ2) is 4.84. The molecule has 8 nitrogen and oxygen atoms in total. The minimum atomic E-state index is -1.18. The number of aromatic amines is 1. The van der Waals surface area contributed by atoms with Crippen molar-refractivity contribution in [3.05, 3.63) is 18.0 Å². The van der Waals surface area contributed by atoms with Gasteiger partial charge in [0.15, 0.2) is 5.82 Å². The number of hydrogen-bond donors (Lipinski definition) is 3. The number of hydrogen-bond acceptors (Lipinski definition) is 5. The number of rotatable bonds is 4. The minimum Gasteiger partial charge on any atom is -0.478 e. The number of carbonyl (C=O) groups excluding carboxylic acids is 1. The topological polar surface area (TPSA) is 121 Å². The molecule has 1 heterocycles. The molecule has 1 aromatic heterocycles. The first-order valence-electron chi connectivity index (χ1n) is 4.04. The SMILES string of the molecule is CC(NC(=O)C=CC(=O)O)c1nn[nH]n1. The lowest BCUT2D eigenvalue weighted by atomic mass is 10.3. The molecule has 0 spiro atoms. The molecule has 0 aromatic carbocycles. The van der Waals surface area contributed by atoms with E-state index in [0.29, 0.717) is 5.82 Å². The van der Waals surface area contributed by atoms with E-state index in [9.17, 15) is 9.59 Å². The molecule has 0 saturated heterocycles. The molecule has 0 aliphatic rings. The second-order valence-electron chi connectivity index (χ2n) is 2.67. The van der Waals surface area contributed by atoms with E-state index in [1.165, 1.54) is 0 Å². The van der Waals surface area contributed by atoms with Gasteiger partial charge >= 0.3 is 5.97 Å². The first kappa shape index (κ1) is 10.8. The quantitative estimate of drug-likeness (QED) is 0.550. The zero-order chi connectivity index (χ0) is 11.3. The van der Waals surface area contributed by atoms with Crippen LogP contribution < -0.4 is 5.32 Å². The van der Waals surface area contributed by atoms with Crippen LogP contribution in [0.2, 0.25) is 0 Å². The lowest BCUT2D eigenvalue weighted by Gasteiger charge is -2.06. The van der Waals surface area contributed by atoms with Crippen molar-refractivity contribution in [3.63, 3.8) is 0 Å². The average molecular weight is 211 g/mol. The van der Waals surface area contributed by atoms with E-state index in [4.69, 9.17) is 5.11 Å². The molecule has 15 heavy (non-hydrogen) atoms. The highest BCUT2D eigenvalue weighted by Gasteiger charge is 2.11. The highest BCUT2D eigenvalue weighted by Crippen LogP contribution is 2.02. The van der Waals surface area contributed by atoms with Gasteiger partial charge in [0.05, 0.1) is 6.04 Å². The summed E-state index contributed by atoms with van der Waals surface area (Å²) in [6, 6.07) is -0.435. The minimum absolute atomic E-state index is 0.326. The van der Waals surface area contributed by atoms with Gasteiger partial charge in [-0.15, -0.1) is 10.2 Å². The van der Waals surface area contributed by atoms with Gasteiger partial charge in [-0.2, -0.15) is 5.21 Å². The van der Waals surface area contributed by atoms with Crippen LogP contribution >= 0.6 is 0 Å². The van der Waals surface area contributed by atoms with Crippen molar-refractivity contribution in [1.29, 1.82) is 0 Å². The number of carboxylic acid groups (broad SMARTS) is 1. The lowest BCUT2D eigenvalue weighted by Crippen LogP contribution is -2.25. The summed E-state index contributed by atoms with van der Waals surface area (Å²) in [6.45, 7) is 1.65. The van der Waals surface area contributed by atoms with Crippen LogP contribution in [0.3, 0.4) is 0 Å². The average Bonchev–Trinajstić information content (AvgIpc) is 2.67. The van der Waals surface area contributed by atoms with Crippen LogP contribution in [0.1, 0.15) is 18.8 Å². The maximum Gasteiger partial charge on any atom is 0.328 e. The summed E-state index contributed by atoms with van der Waals surface area (Å²) in [7, 11) is 0. The van der Waals surface area contributed by atoms with Gasteiger partial charge in [-0.05, 0) is 6.92 Å². The Labute approximate surface area is 84.4 Å². The molecular weight excluding hydrogens is 202 g/mol. The molecular formula is C7H9N5O3. The van der Waals surface area contributed by atoms with Gasteiger partial charge < -0.3 is 10.4 Å². The van der Waals surface area contributed by atoms with Crippen LogP contribution in [-0.2, 0) is 9.59 Å². The van der Waals surface area contributed by atoms with E-state index >= 15 is 0 Å². The van der Waals surface area contributed by atoms with Crippen LogP contribution in [0.5, 0.6) is 0 Å². The fourth-order valence-electron chi connectivity index (χ4n) is 0.826. The van der Waals surface area contributed by atoms with E-state index in [1.807, 2.05) is 0 Å². The van der Waals surface area contributed by atoms with Crippen molar-refractivity contribution in [2.45, 2.75) is 13.0 Å². The monoisotopic (exact) mass is 211 g/mol. The molecule has 0 radical (unpaired) electrons. The summed E-state index contributed by atoms with van der Waals surface area (Å²) in [6.07, 6.45) is 1.66. The van der Waals surface area contributed by atoms with Gasteiger partial charge in [0, 0.05) is 12.2 Å². The van der Waals surface area contributed by atoms with Crippen molar-refractivity contribution in [2.75, 3.05) is 0 Å². The summed E-state index contributed by atoms with van der Waals surface area (Å²) < 4.78 is 0. The zero-order valence-corrected chi connectivity index (χ0v) is 7.84. The molecule has 0 aliphatic carbocycles. The molecule has 1 atom stereocenters. The predicted octanol–water partition coefficient (Wildman–Crippen LogP) is -0.982. The van der Waals surface area contributed by atoms with Crippen LogP contribution in [0.15, 0.2) is 12.2 Å². The number of H-pyrrole nitrogens is 1. The van der Waals surface area contributed by atoms with Gasteiger partial charge in [-0.25, -0.2) is 4.79 Å². The molecule has 8 heteroatoms. The highest BCUT2D eigenvalue weighted by atomic mass is 16.4. The Morgan fingerprint density at radius 2 is 2.27 bits per heavy atom. The van der Waals surface area contributed by atoms with Crippen molar-refractivity contribution in [3.8, 4) is 0 Å². The fourth-order valence-corrected chi connectivity index (χ4v) is 0.826. The van der Waals surface area contributed by atoms with E-state index in [2.05, 4.69) is 25.9 Å². The third kappa shape index (κ3) is 3.55. The lowest BCUT2D eigenvalue weighted by molar-refractivity contribution is -0.131. The van der Waals surface area contributed by atoms with Crippen LogP contribution in [-0.4, -0.2) is 37.6 Å².